The lowest BCUT2D eigenvalue weighted by Gasteiger charge is -2.19. The van der Waals surface area contributed by atoms with Gasteiger partial charge in [-0.2, -0.15) is 0 Å². The summed E-state index contributed by atoms with van der Waals surface area (Å²) >= 11 is 0. The highest BCUT2D eigenvalue weighted by molar-refractivity contribution is 5.38. The second-order valence-electron chi connectivity index (χ2n) is 6.94. The van der Waals surface area contributed by atoms with Crippen molar-refractivity contribution < 1.29 is 9.47 Å². The molecule has 0 aliphatic carbocycles. The third-order valence-corrected chi connectivity index (χ3v) is 4.27. The summed E-state index contributed by atoms with van der Waals surface area (Å²) < 4.78 is 11.3. The van der Waals surface area contributed by atoms with Crippen molar-refractivity contribution in [2.45, 2.75) is 40.0 Å². The predicted molar refractivity (Wildman–Crippen MR) is 105 cm³/mol. The summed E-state index contributed by atoms with van der Waals surface area (Å²) in [6, 6.07) is 14.7. The van der Waals surface area contributed by atoms with Crippen LogP contribution >= 0.6 is 0 Å². The summed E-state index contributed by atoms with van der Waals surface area (Å²) in [4.78, 5) is 0. The topological polar surface area (TPSA) is 44.5 Å². The van der Waals surface area contributed by atoms with E-state index in [1.165, 1.54) is 16.7 Å². The lowest BCUT2D eigenvalue weighted by atomic mass is 9.89. The highest BCUT2D eigenvalue weighted by atomic mass is 16.5. The van der Waals surface area contributed by atoms with Gasteiger partial charge in [-0.1, -0.05) is 32.0 Å². The Morgan fingerprint density at radius 2 is 1.64 bits per heavy atom. The lowest BCUT2D eigenvalue weighted by Crippen LogP contribution is -2.16. The van der Waals surface area contributed by atoms with Gasteiger partial charge in [0.2, 0.25) is 0 Å². The zero-order valence-corrected chi connectivity index (χ0v) is 15.9. The molecule has 0 aliphatic rings. The summed E-state index contributed by atoms with van der Waals surface area (Å²) in [5, 5.41) is 0. The lowest BCUT2D eigenvalue weighted by molar-refractivity contribution is 0.271. The Morgan fingerprint density at radius 1 is 0.960 bits per heavy atom. The predicted octanol–water partition coefficient (Wildman–Crippen LogP) is 4.71. The molecular weight excluding hydrogens is 310 g/mol. The second-order valence-corrected chi connectivity index (χ2v) is 6.94. The van der Waals surface area contributed by atoms with Gasteiger partial charge >= 0.3 is 0 Å². The van der Waals surface area contributed by atoms with E-state index in [0.717, 1.165) is 24.5 Å². The third-order valence-electron chi connectivity index (χ3n) is 4.27. The fourth-order valence-electron chi connectivity index (χ4n) is 2.95. The first kappa shape index (κ1) is 19.3. The highest BCUT2D eigenvalue weighted by Crippen LogP contribution is 2.27. The van der Waals surface area contributed by atoms with E-state index in [9.17, 15) is 0 Å². The summed E-state index contributed by atoms with van der Waals surface area (Å²) in [6.07, 6.45) is 0.926. The number of ether oxygens (including phenoxy) is 2. The van der Waals surface area contributed by atoms with Crippen LogP contribution in [-0.2, 0) is 6.42 Å². The first-order chi connectivity index (χ1) is 12.0. The van der Waals surface area contributed by atoms with Crippen LogP contribution in [0.3, 0.4) is 0 Å². The van der Waals surface area contributed by atoms with Crippen LogP contribution in [-0.4, -0.2) is 19.8 Å². The van der Waals surface area contributed by atoms with Crippen LogP contribution in [0.25, 0.3) is 0 Å². The Hall–Kier alpha value is -2.00. The summed E-state index contributed by atoms with van der Waals surface area (Å²) in [7, 11) is 0. The van der Waals surface area contributed by atoms with Gasteiger partial charge in [0.1, 0.15) is 11.5 Å². The molecule has 0 bridgehead atoms. The van der Waals surface area contributed by atoms with Gasteiger partial charge in [0, 0.05) is 5.92 Å². The molecule has 1 atom stereocenters. The molecular formula is C22H31NO2. The number of benzene rings is 2. The van der Waals surface area contributed by atoms with E-state index < -0.39 is 0 Å². The Kier molecular flexibility index (Phi) is 7.32. The maximum Gasteiger partial charge on any atom is 0.119 e. The van der Waals surface area contributed by atoms with E-state index in [1.54, 1.807) is 0 Å². The minimum absolute atomic E-state index is 0.304. The molecule has 2 aromatic rings. The number of aryl methyl sites for hydroxylation is 1. The van der Waals surface area contributed by atoms with E-state index in [2.05, 4.69) is 57.2 Å². The second kappa shape index (κ2) is 9.47. The molecule has 0 aromatic heterocycles. The zero-order chi connectivity index (χ0) is 18.2. The number of rotatable bonds is 9. The Morgan fingerprint density at radius 3 is 2.20 bits per heavy atom. The maximum atomic E-state index is 6.07. The van der Waals surface area contributed by atoms with E-state index in [1.807, 2.05) is 13.0 Å². The molecule has 25 heavy (non-hydrogen) atoms. The average Bonchev–Trinajstić information content (AvgIpc) is 2.60. The van der Waals surface area contributed by atoms with Crippen molar-refractivity contribution in [2.24, 2.45) is 11.7 Å². The van der Waals surface area contributed by atoms with E-state index in [4.69, 9.17) is 15.2 Å². The van der Waals surface area contributed by atoms with Crippen LogP contribution in [0.5, 0.6) is 11.5 Å². The molecule has 2 rings (SSSR count). The standard InChI is InChI=1S/C22H31NO2/c1-5-24-21-10-11-22(17(4)12-21)19(14-23)13-18-6-8-20(9-7-18)25-15-16(2)3/h6-12,16,19H,5,13-15,23H2,1-4H3. The molecule has 0 radical (unpaired) electrons. The van der Waals surface area contributed by atoms with Gasteiger partial charge in [-0.3, -0.25) is 0 Å². The van der Waals surface area contributed by atoms with Gasteiger partial charge in [0.15, 0.2) is 0 Å². The maximum absolute atomic E-state index is 6.07. The molecule has 0 amide bonds. The normalized spacial score (nSPS) is 12.2. The molecule has 0 aliphatic heterocycles. The molecule has 3 heteroatoms. The Balaban J connectivity index is 2.06. The van der Waals surface area contributed by atoms with E-state index >= 15 is 0 Å². The number of nitrogens with two attached hydrogens (primary N) is 1. The van der Waals surface area contributed by atoms with Crippen molar-refractivity contribution >= 4 is 0 Å². The van der Waals surface area contributed by atoms with Crippen molar-refractivity contribution in [3.63, 3.8) is 0 Å². The largest absolute Gasteiger partial charge is 0.494 e. The van der Waals surface area contributed by atoms with Crippen LogP contribution in [0.15, 0.2) is 42.5 Å². The van der Waals surface area contributed by atoms with Crippen molar-refractivity contribution in [3.05, 3.63) is 59.2 Å². The average molecular weight is 341 g/mol. The van der Waals surface area contributed by atoms with Crippen molar-refractivity contribution in [1.29, 1.82) is 0 Å². The smallest absolute Gasteiger partial charge is 0.119 e. The quantitative estimate of drug-likeness (QED) is 0.718. The monoisotopic (exact) mass is 341 g/mol. The minimum Gasteiger partial charge on any atom is -0.494 e. The van der Waals surface area contributed by atoms with E-state index in [0.29, 0.717) is 25.0 Å². The van der Waals surface area contributed by atoms with Crippen LogP contribution in [0.4, 0.5) is 0 Å². The molecule has 0 heterocycles. The zero-order valence-electron chi connectivity index (χ0n) is 15.9. The fraction of sp³-hybridized carbons (Fsp3) is 0.455. The van der Waals surface area contributed by atoms with Crippen molar-refractivity contribution in [2.75, 3.05) is 19.8 Å². The fourth-order valence-corrected chi connectivity index (χ4v) is 2.95. The van der Waals surface area contributed by atoms with Gasteiger partial charge in [0.05, 0.1) is 13.2 Å². The van der Waals surface area contributed by atoms with Crippen molar-refractivity contribution in [1.82, 2.24) is 0 Å². The molecule has 2 aromatic carbocycles. The van der Waals surface area contributed by atoms with Crippen LogP contribution in [0.2, 0.25) is 0 Å². The molecule has 136 valence electrons. The van der Waals surface area contributed by atoms with E-state index in [-0.39, 0.29) is 0 Å². The van der Waals surface area contributed by atoms with Gasteiger partial charge < -0.3 is 15.2 Å². The summed E-state index contributed by atoms with van der Waals surface area (Å²) in [5.41, 5.74) is 9.88. The number of hydrogen-bond donors (Lipinski definition) is 1. The SMILES string of the molecule is CCOc1ccc(C(CN)Cc2ccc(OCC(C)C)cc2)c(C)c1. The van der Waals surface area contributed by atoms with Crippen LogP contribution < -0.4 is 15.2 Å². The molecule has 0 saturated heterocycles. The minimum atomic E-state index is 0.304. The molecule has 1 unspecified atom stereocenters. The molecule has 3 nitrogen and oxygen atoms in total. The highest BCUT2D eigenvalue weighted by Gasteiger charge is 2.14. The first-order valence-electron chi connectivity index (χ1n) is 9.18. The molecule has 0 saturated carbocycles. The van der Waals surface area contributed by atoms with Gasteiger partial charge in [-0.25, -0.2) is 0 Å². The molecule has 0 spiro atoms. The summed E-state index contributed by atoms with van der Waals surface area (Å²) in [6.45, 7) is 10.5. The first-order valence-corrected chi connectivity index (χ1v) is 9.18. The Labute approximate surface area is 152 Å². The van der Waals surface area contributed by atoms with Gasteiger partial charge in [-0.05, 0) is 73.7 Å². The van der Waals surface area contributed by atoms with Crippen LogP contribution in [0.1, 0.15) is 43.4 Å². The van der Waals surface area contributed by atoms with Crippen molar-refractivity contribution in [3.8, 4) is 11.5 Å². The number of hydrogen-bond acceptors (Lipinski definition) is 3. The molecule has 2 N–H and O–H groups in total. The Bertz CT molecular complexity index is 650. The third kappa shape index (κ3) is 5.79. The van der Waals surface area contributed by atoms with Gasteiger partial charge in [0.25, 0.3) is 0 Å². The van der Waals surface area contributed by atoms with Gasteiger partial charge in [-0.15, -0.1) is 0 Å². The summed E-state index contributed by atoms with van der Waals surface area (Å²) in [5.74, 6) is 2.69. The van der Waals surface area contributed by atoms with Crippen LogP contribution in [0, 0.1) is 12.8 Å². The molecule has 0 fully saturated rings.